The molecule has 2 aliphatic rings. The average molecular weight is 421 g/mol. The van der Waals surface area contributed by atoms with Crippen LogP contribution in [0.15, 0.2) is 109 Å². The second kappa shape index (κ2) is 8.43. The van der Waals surface area contributed by atoms with Gasteiger partial charge >= 0.3 is 0 Å². The van der Waals surface area contributed by atoms with E-state index in [2.05, 4.69) is 72.7 Å². The molecular weight excluding hydrogens is 396 g/mol. The fourth-order valence-electron chi connectivity index (χ4n) is 3.75. The Balaban J connectivity index is 1.49. The normalized spacial score (nSPS) is 16.2. The van der Waals surface area contributed by atoms with Gasteiger partial charge in [0.15, 0.2) is 5.82 Å². The maximum Gasteiger partial charge on any atom is 0.224 e. The van der Waals surface area contributed by atoms with Crippen molar-refractivity contribution in [3.8, 4) is 5.69 Å². The first-order valence-corrected chi connectivity index (χ1v) is 10.5. The molecule has 6 nitrogen and oxygen atoms in total. The van der Waals surface area contributed by atoms with Crippen molar-refractivity contribution >= 4 is 17.2 Å². The average Bonchev–Trinajstić information content (AvgIpc) is 3.57. The molecule has 6 heteroatoms. The third kappa shape index (κ3) is 3.86. The number of allylic oxidation sites excluding steroid dienone is 4. The van der Waals surface area contributed by atoms with E-state index in [1.54, 1.807) is 0 Å². The zero-order valence-corrected chi connectivity index (χ0v) is 17.7. The van der Waals surface area contributed by atoms with Gasteiger partial charge in [-0.2, -0.15) is 0 Å². The van der Waals surface area contributed by atoms with E-state index < -0.39 is 0 Å². The fraction of sp³-hybridized carbons (Fsp3) is 0.0769. The summed E-state index contributed by atoms with van der Waals surface area (Å²) in [6, 6.07) is 20.3. The van der Waals surface area contributed by atoms with Crippen LogP contribution in [0.2, 0.25) is 0 Å². The monoisotopic (exact) mass is 420 g/mol. The minimum absolute atomic E-state index is 0.559. The van der Waals surface area contributed by atoms with Crippen molar-refractivity contribution in [1.82, 2.24) is 25.3 Å². The molecule has 0 saturated carbocycles. The van der Waals surface area contributed by atoms with Crippen molar-refractivity contribution in [2.75, 3.05) is 0 Å². The van der Waals surface area contributed by atoms with Crippen molar-refractivity contribution in [3.63, 3.8) is 0 Å². The molecule has 0 radical (unpaired) electrons. The van der Waals surface area contributed by atoms with Gasteiger partial charge in [0.25, 0.3) is 0 Å². The molecular formula is C26H24N6. The first-order valence-electron chi connectivity index (χ1n) is 10.5. The minimum Gasteiger partial charge on any atom is -0.298 e. The van der Waals surface area contributed by atoms with Gasteiger partial charge in [-0.3, -0.25) is 20.3 Å². The number of nitrogens with zero attached hydrogens (tertiary/aromatic N) is 4. The Hall–Kier alpha value is -4.32. The number of imidazole rings is 1. The maximum atomic E-state index is 4.90. The Morgan fingerprint density at radius 2 is 1.78 bits per heavy atom. The van der Waals surface area contributed by atoms with E-state index in [9.17, 15) is 0 Å². The molecule has 0 spiro atoms. The maximum absolute atomic E-state index is 4.90. The van der Waals surface area contributed by atoms with E-state index >= 15 is 0 Å². The van der Waals surface area contributed by atoms with E-state index in [1.165, 1.54) is 5.57 Å². The van der Waals surface area contributed by atoms with Crippen molar-refractivity contribution in [2.24, 2.45) is 4.99 Å². The molecule has 2 aromatic carbocycles. The van der Waals surface area contributed by atoms with Crippen LogP contribution < -0.4 is 10.9 Å². The lowest BCUT2D eigenvalue weighted by molar-refractivity contribution is 0.514. The highest BCUT2D eigenvalue weighted by Crippen LogP contribution is 2.27. The molecule has 2 N–H and O–H groups in total. The number of aromatic nitrogens is 2. The number of para-hydroxylation sites is 1. The van der Waals surface area contributed by atoms with Crippen LogP contribution in [-0.2, 0) is 6.54 Å². The SMILES string of the molecule is C=C(N=C1NNC(=C)N1Cc1ccccc1)c1nc(C2=CC=CC2)cn1-c1ccccc1. The number of nitrogens with one attached hydrogen (secondary N) is 2. The summed E-state index contributed by atoms with van der Waals surface area (Å²) in [7, 11) is 0. The highest BCUT2D eigenvalue weighted by Gasteiger charge is 2.23. The summed E-state index contributed by atoms with van der Waals surface area (Å²) in [5, 5.41) is 0. The van der Waals surface area contributed by atoms with Crippen LogP contribution in [0.5, 0.6) is 0 Å². The number of benzene rings is 2. The minimum atomic E-state index is 0.559. The summed E-state index contributed by atoms with van der Waals surface area (Å²) in [4.78, 5) is 11.7. The van der Waals surface area contributed by atoms with Crippen LogP contribution in [0.4, 0.5) is 0 Å². The molecule has 0 atom stereocenters. The van der Waals surface area contributed by atoms with Crippen LogP contribution in [0.1, 0.15) is 23.5 Å². The lowest BCUT2D eigenvalue weighted by Gasteiger charge is -2.17. The highest BCUT2D eigenvalue weighted by atomic mass is 15.6. The van der Waals surface area contributed by atoms with Crippen LogP contribution >= 0.6 is 0 Å². The molecule has 1 fully saturated rings. The molecule has 1 aromatic heterocycles. The Morgan fingerprint density at radius 3 is 2.50 bits per heavy atom. The van der Waals surface area contributed by atoms with Gasteiger partial charge < -0.3 is 0 Å². The molecule has 3 aromatic rings. The summed E-state index contributed by atoms with van der Waals surface area (Å²) in [6.45, 7) is 8.98. The van der Waals surface area contributed by atoms with Gasteiger partial charge in [-0.1, -0.05) is 79.9 Å². The number of guanidine groups is 1. The van der Waals surface area contributed by atoms with Gasteiger partial charge in [0.2, 0.25) is 5.96 Å². The Labute approximate surface area is 187 Å². The van der Waals surface area contributed by atoms with Gasteiger partial charge in [0.05, 0.1) is 12.2 Å². The lowest BCUT2D eigenvalue weighted by atomic mass is 10.2. The smallest absolute Gasteiger partial charge is 0.224 e. The fourth-order valence-corrected chi connectivity index (χ4v) is 3.75. The zero-order valence-electron chi connectivity index (χ0n) is 17.7. The molecule has 1 saturated heterocycles. The Kier molecular flexibility index (Phi) is 5.17. The molecule has 1 aliphatic carbocycles. The Bertz CT molecular complexity index is 1250. The third-order valence-corrected chi connectivity index (χ3v) is 5.42. The second-order valence-corrected chi connectivity index (χ2v) is 7.63. The van der Waals surface area contributed by atoms with E-state index in [0.29, 0.717) is 24.0 Å². The first kappa shape index (κ1) is 19.6. The van der Waals surface area contributed by atoms with E-state index in [1.807, 2.05) is 45.9 Å². The van der Waals surface area contributed by atoms with Crippen LogP contribution in [0.3, 0.4) is 0 Å². The molecule has 158 valence electrons. The molecule has 0 bridgehead atoms. The number of hydrazine groups is 1. The van der Waals surface area contributed by atoms with Crippen molar-refractivity contribution in [1.29, 1.82) is 0 Å². The molecule has 32 heavy (non-hydrogen) atoms. The number of hydrogen-bond donors (Lipinski definition) is 2. The van der Waals surface area contributed by atoms with E-state index in [-0.39, 0.29) is 0 Å². The first-order chi connectivity index (χ1) is 15.7. The Morgan fingerprint density at radius 1 is 1.03 bits per heavy atom. The van der Waals surface area contributed by atoms with Crippen molar-refractivity contribution < 1.29 is 0 Å². The predicted octanol–water partition coefficient (Wildman–Crippen LogP) is 4.62. The second-order valence-electron chi connectivity index (χ2n) is 7.63. The third-order valence-electron chi connectivity index (χ3n) is 5.42. The molecule has 0 unspecified atom stereocenters. The summed E-state index contributed by atoms with van der Waals surface area (Å²) in [5.74, 6) is 2.06. The van der Waals surface area contributed by atoms with E-state index in [4.69, 9.17) is 9.98 Å². The van der Waals surface area contributed by atoms with Crippen LogP contribution in [-0.4, -0.2) is 20.4 Å². The molecule has 2 heterocycles. The molecule has 5 rings (SSSR count). The topological polar surface area (TPSA) is 57.5 Å². The predicted molar refractivity (Wildman–Crippen MR) is 129 cm³/mol. The molecule has 1 aliphatic heterocycles. The van der Waals surface area contributed by atoms with Gasteiger partial charge in [-0.15, -0.1) is 0 Å². The highest BCUT2D eigenvalue weighted by molar-refractivity contribution is 5.88. The summed E-state index contributed by atoms with van der Waals surface area (Å²) < 4.78 is 2.04. The molecule has 0 amide bonds. The standard InChI is InChI=1S/C26H24N6/c1-19(27-26-30-29-20(2)31(26)17-21-11-5-3-6-12-21)25-28-24(22-13-9-10-14-22)18-32(25)23-15-7-4-8-16-23/h3-13,15-16,18,29H,1-2,14,17H2,(H,27,30). The summed E-state index contributed by atoms with van der Waals surface area (Å²) in [5.41, 5.74) is 11.0. The number of aliphatic imine (C=N–C) groups is 1. The van der Waals surface area contributed by atoms with Crippen LogP contribution in [0, 0.1) is 0 Å². The number of hydrogen-bond acceptors (Lipinski definition) is 3. The van der Waals surface area contributed by atoms with Gasteiger partial charge in [0, 0.05) is 11.9 Å². The largest absolute Gasteiger partial charge is 0.298 e. The zero-order chi connectivity index (χ0) is 21.9. The van der Waals surface area contributed by atoms with Gasteiger partial charge in [-0.05, 0) is 29.7 Å². The van der Waals surface area contributed by atoms with Crippen molar-refractivity contribution in [2.45, 2.75) is 13.0 Å². The van der Waals surface area contributed by atoms with Gasteiger partial charge in [0.1, 0.15) is 11.5 Å². The van der Waals surface area contributed by atoms with Gasteiger partial charge in [-0.25, -0.2) is 9.98 Å². The van der Waals surface area contributed by atoms with Crippen LogP contribution in [0.25, 0.3) is 17.0 Å². The quantitative estimate of drug-likeness (QED) is 0.611. The van der Waals surface area contributed by atoms with E-state index in [0.717, 1.165) is 29.2 Å². The lowest BCUT2D eigenvalue weighted by Crippen LogP contribution is -2.30. The summed E-state index contributed by atoms with van der Waals surface area (Å²) in [6.07, 6.45) is 9.22. The number of rotatable bonds is 6. The summed E-state index contributed by atoms with van der Waals surface area (Å²) >= 11 is 0. The van der Waals surface area contributed by atoms with Crippen molar-refractivity contribution in [3.05, 3.63) is 121 Å².